The minimum Gasteiger partial charge on any atom is -0.441 e. The van der Waals surface area contributed by atoms with Crippen molar-refractivity contribution in [2.75, 3.05) is 5.32 Å². The maximum atomic E-state index is 15.4. The van der Waals surface area contributed by atoms with Crippen molar-refractivity contribution >= 4 is 41.2 Å². The monoisotopic (exact) mass is 534 g/mol. The van der Waals surface area contributed by atoms with E-state index in [1.165, 1.54) is 6.07 Å². The van der Waals surface area contributed by atoms with Crippen molar-refractivity contribution in [3.05, 3.63) is 94.4 Å². The highest BCUT2D eigenvalue weighted by Gasteiger charge is 2.44. The highest BCUT2D eigenvalue weighted by Crippen LogP contribution is 2.47. The number of benzene rings is 3. The molecule has 0 saturated heterocycles. The van der Waals surface area contributed by atoms with E-state index in [1.807, 2.05) is 54.6 Å². The zero-order valence-electron chi connectivity index (χ0n) is 20.3. The molecule has 0 spiro atoms. The normalized spacial score (nSPS) is 14.6. The Morgan fingerprint density at radius 3 is 2.49 bits per heavy atom. The second-order valence-electron chi connectivity index (χ2n) is 9.22. The largest absolute Gasteiger partial charge is 0.441 e. The van der Waals surface area contributed by atoms with Gasteiger partial charge in [0.2, 0.25) is 0 Å². The lowest BCUT2D eigenvalue weighted by Crippen LogP contribution is -2.16. The number of anilines is 1. The first-order valence-corrected chi connectivity index (χ1v) is 13.0. The van der Waals surface area contributed by atoms with Crippen molar-refractivity contribution in [3.8, 4) is 21.6 Å². The average Bonchev–Trinajstić information content (AvgIpc) is 3.64. The van der Waals surface area contributed by atoms with Crippen LogP contribution in [0.15, 0.2) is 66.7 Å². The SMILES string of the molecule is Cc1nsc(-c2cc(Cl)c(-c3ccc(C4(C=O)CC4)cc3)cc2F)c1NC(=O)O[C@H](C)c1ccccc1. The number of aromatic nitrogens is 1. The molecule has 1 aliphatic carbocycles. The third kappa shape index (κ3) is 5.02. The lowest BCUT2D eigenvalue weighted by atomic mass is 9.94. The average molecular weight is 535 g/mol. The van der Waals surface area contributed by atoms with Crippen LogP contribution in [-0.4, -0.2) is 16.8 Å². The van der Waals surface area contributed by atoms with E-state index in [0.717, 1.165) is 47.4 Å². The van der Waals surface area contributed by atoms with Crippen LogP contribution in [0.5, 0.6) is 0 Å². The molecule has 1 heterocycles. The summed E-state index contributed by atoms with van der Waals surface area (Å²) in [5.41, 5.74) is 3.90. The Kier molecular flexibility index (Phi) is 6.84. The van der Waals surface area contributed by atoms with Gasteiger partial charge in [0.15, 0.2) is 0 Å². The fourth-order valence-electron chi connectivity index (χ4n) is 4.32. The van der Waals surface area contributed by atoms with Crippen LogP contribution in [0.4, 0.5) is 14.9 Å². The number of hydrogen-bond donors (Lipinski definition) is 1. The molecular weight excluding hydrogens is 511 g/mol. The fraction of sp³-hybridized carbons (Fsp3) is 0.207. The summed E-state index contributed by atoms with van der Waals surface area (Å²) in [6.07, 6.45) is 1.58. The van der Waals surface area contributed by atoms with Gasteiger partial charge >= 0.3 is 6.09 Å². The molecule has 37 heavy (non-hydrogen) atoms. The second-order valence-corrected chi connectivity index (χ2v) is 10.4. The van der Waals surface area contributed by atoms with E-state index < -0.39 is 18.0 Å². The molecule has 1 aromatic heterocycles. The lowest BCUT2D eigenvalue weighted by molar-refractivity contribution is -0.109. The van der Waals surface area contributed by atoms with Gasteiger partial charge in [0, 0.05) is 16.1 Å². The molecule has 0 bridgehead atoms. The van der Waals surface area contributed by atoms with Crippen molar-refractivity contribution in [1.82, 2.24) is 4.37 Å². The first kappa shape index (κ1) is 25.1. The predicted molar refractivity (Wildman–Crippen MR) is 145 cm³/mol. The Morgan fingerprint density at radius 1 is 1.14 bits per heavy atom. The molecule has 188 valence electrons. The van der Waals surface area contributed by atoms with Gasteiger partial charge in [0.25, 0.3) is 0 Å². The predicted octanol–water partition coefficient (Wildman–Crippen LogP) is 8.12. The molecule has 1 amide bonds. The van der Waals surface area contributed by atoms with Crippen molar-refractivity contribution < 1.29 is 18.7 Å². The standard InChI is InChI=1S/C29H24ClFN2O3S/c1-17-26(32-28(35)36-18(2)19-6-4-3-5-7-19)27(37-33-17)23-14-24(30)22(15-25(23)31)20-8-10-21(11-9-20)29(16-34)12-13-29/h3-11,14-16,18H,12-13H2,1-2H3,(H,32,35)/t18-/m1/s1. The molecule has 1 atom stereocenters. The Labute approximate surface area is 223 Å². The number of ether oxygens (including phenoxy) is 1. The smallest absolute Gasteiger partial charge is 0.412 e. The van der Waals surface area contributed by atoms with Crippen LogP contribution in [0.25, 0.3) is 21.6 Å². The van der Waals surface area contributed by atoms with Gasteiger partial charge in [-0.05, 0) is 67.0 Å². The maximum Gasteiger partial charge on any atom is 0.412 e. The Bertz CT molecular complexity index is 1470. The van der Waals surface area contributed by atoms with Crippen LogP contribution in [0, 0.1) is 12.7 Å². The van der Waals surface area contributed by atoms with Gasteiger partial charge in [-0.15, -0.1) is 0 Å². The van der Waals surface area contributed by atoms with E-state index in [2.05, 4.69) is 9.69 Å². The molecular formula is C29H24ClFN2O3S. The first-order valence-electron chi connectivity index (χ1n) is 11.9. The summed E-state index contributed by atoms with van der Waals surface area (Å²) in [6.45, 7) is 3.51. The first-order chi connectivity index (χ1) is 17.8. The summed E-state index contributed by atoms with van der Waals surface area (Å²) in [4.78, 5) is 24.5. The Balaban J connectivity index is 1.38. The Hall–Kier alpha value is -3.55. The number of carbonyl (C=O) groups is 2. The number of nitrogens with one attached hydrogen (secondary N) is 1. The fourth-order valence-corrected chi connectivity index (χ4v) is 5.46. The molecule has 1 fully saturated rings. The molecule has 5 nitrogen and oxygen atoms in total. The lowest BCUT2D eigenvalue weighted by Gasteiger charge is -2.15. The van der Waals surface area contributed by atoms with Gasteiger partial charge < -0.3 is 9.53 Å². The van der Waals surface area contributed by atoms with Crippen LogP contribution in [-0.2, 0) is 14.9 Å². The highest BCUT2D eigenvalue weighted by atomic mass is 35.5. The summed E-state index contributed by atoms with van der Waals surface area (Å²) in [5.74, 6) is -0.493. The van der Waals surface area contributed by atoms with Crippen LogP contribution in [0.1, 0.15) is 42.7 Å². The van der Waals surface area contributed by atoms with Crippen molar-refractivity contribution in [2.24, 2.45) is 0 Å². The number of aldehydes is 1. The van der Waals surface area contributed by atoms with Crippen molar-refractivity contribution in [2.45, 2.75) is 38.2 Å². The van der Waals surface area contributed by atoms with E-state index in [9.17, 15) is 9.59 Å². The number of carbonyl (C=O) groups excluding carboxylic acids is 2. The van der Waals surface area contributed by atoms with Gasteiger partial charge in [0.1, 0.15) is 18.2 Å². The molecule has 0 radical (unpaired) electrons. The van der Waals surface area contributed by atoms with E-state index in [0.29, 0.717) is 26.8 Å². The van der Waals surface area contributed by atoms with E-state index in [4.69, 9.17) is 16.3 Å². The molecule has 8 heteroatoms. The summed E-state index contributed by atoms with van der Waals surface area (Å²) < 4.78 is 25.3. The molecule has 1 N–H and O–H groups in total. The van der Waals surface area contributed by atoms with Crippen molar-refractivity contribution in [3.63, 3.8) is 0 Å². The Morgan fingerprint density at radius 2 is 1.84 bits per heavy atom. The van der Waals surface area contributed by atoms with Gasteiger partial charge in [-0.2, -0.15) is 4.37 Å². The van der Waals surface area contributed by atoms with Gasteiger partial charge in [-0.3, -0.25) is 5.32 Å². The van der Waals surface area contributed by atoms with Gasteiger partial charge in [0.05, 0.1) is 21.7 Å². The number of rotatable bonds is 7. The summed E-state index contributed by atoms with van der Waals surface area (Å²) in [7, 11) is 0. The zero-order chi connectivity index (χ0) is 26.2. The molecule has 4 aromatic rings. The van der Waals surface area contributed by atoms with E-state index in [-0.39, 0.29) is 11.0 Å². The van der Waals surface area contributed by atoms with E-state index >= 15 is 4.39 Å². The minimum atomic E-state index is -0.659. The number of hydrogen-bond acceptors (Lipinski definition) is 5. The maximum absolute atomic E-state index is 15.4. The molecule has 1 saturated carbocycles. The highest BCUT2D eigenvalue weighted by molar-refractivity contribution is 7.10. The quantitative estimate of drug-likeness (QED) is 0.243. The third-order valence-corrected chi connectivity index (χ3v) is 8.01. The summed E-state index contributed by atoms with van der Waals surface area (Å²) in [6, 6.07) is 19.8. The van der Waals surface area contributed by atoms with Crippen LogP contribution >= 0.6 is 23.1 Å². The molecule has 1 aliphatic rings. The van der Waals surface area contributed by atoms with Crippen LogP contribution in [0.3, 0.4) is 0 Å². The van der Waals surface area contributed by atoms with Gasteiger partial charge in [-0.25, -0.2) is 9.18 Å². The molecule has 0 unspecified atom stereocenters. The topological polar surface area (TPSA) is 68.3 Å². The minimum absolute atomic E-state index is 0.236. The number of halogens is 2. The molecule has 5 rings (SSSR count). The van der Waals surface area contributed by atoms with Crippen LogP contribution in [0.2, 0.25) is 5.02 Å². The second kappa shape index (κ2) is 10.1. The molecule has 0 aliphatic heterocycles. The number of aryl methyl sites for hydroxylation is 1. The number of amides is 1. The number of nitrogens with zero attached hydrogens (tertiary/aromatic N) is 1. The third-order valence-electron chi connectivity index (χ3n) is 6.73. The molecule has 3 aromatic carbocycles. The van der Waals surface area contributed by atoms with Crippen molar-refractivity contribution in [1.29, 1.82) is 0 Å². The summed E-state index contributed by atoms with van der Waals surface area (Å²) in [5, 5.41) is 3.09. The summed E-state index contributed by atoms with van der Waals surface area (Å²) >= 11 is 7.68. The van der Waals surface area contributed by atoms with Crippen LogP contribution < -0.4 is 5.32 Å². The van der Waals surface area contributed by atoms with E-state index in [1.54, 1.807) is 19.9 Å². The zero-order valence-corrected chi connectivity index (χ0v) is 21.8. The van der Waals surface area contributed by atoms with Gasteiger partial charge in [-0.1, -0.05) is 66.2 Å².